The van der Waals surface area contributed by atoms with Crippen molar-refractivity contribution in [3.8, 4) is 61.8 Å². The Morgan fingerprint density at radius 1 is 0.349 bits per heavy atom. The highest BCUT2D eigenvalue weighted by Crippen LogP contribution is 2.40. The summed E-state index contributed by atoms with van der Waals surface area (Å²) in [6.07, 6.45) is 0. The molecule has 2 aromatic heterocycles. The molecule has 0 radical (unpaired) electrons. The van der Waals surface area contributed by atoms with Gasteiger partial charge < -0.3 is 9.47 Å². The maximum atomic E-state index is 5.03. The standard InChI is InChI=1S/C59H42N4/c1-41-38-47(42-26-28-45(29-27-42)56-40-55(44-16-6-2-7-17-44)60-59(61-56)46-18-8-3-9-19-46)32-36-52(41)43-30-33-50(34-31-43)63-57-25-15-14-24-53(57)54-39-51(35-37-58(54)63)62(48-20-10-4-11-21-48)49-22-12-5-13-23-49/h2-40H,1H3. The number of anilines is 3. The van der Waals surface area contributed by atoms with Gasteiger partial charge in [-0.05, 0) is 101 Å². The van der Waals surface area contributed by atoms with E-state index in [9.17, 15) is 0 Å². The van der Waals surface area contributed by atoms with Crippen LogP contribution in [0.1, 0.15) is 5.56 Å². The van der Waals surface area contributed by atoms with Crippen molar-refractivity contribution in [2.24, 2.45) is 0 Å². The molecule has 0 bridgehead atoms. The van der Waals surface area contributed by atoms with Crippen molar-refractivity contribution in [1.82, 2.24) is 14.5 Å². The van der Waals surface area contributed by atoms with Crippen molar-refractivity contribution >= 4 is 38.9 Å². The van der Waals surface area contributed by atoms with E-state index in [-0.39, 0.29) is 0 Å². The molecule has 0 spiro atoms. The Labute approximate surface area is 367 Å². The summed E-state index contributed by atoms with van der Waals surface area (Å²) in [5, 5.41) is 2.44. The molecule has 0 fully saturated rings. The highest BCUT2D eigenvalue weighted by atomic mass is 15.1. The normalized spacial score (nSPS) is 11.3. The molecule has 9 aromatic carbocycles. The summed E-state index contributed by atoms with van der Waals surface area (Å²) in [6, 6.07) is 83.9. The minimum Gasteiger partial charge on any atom is -0.310 e. The third-order valence-corrected chi connectivity index (χ3v) is 11.9. The number of aryl methyl sites for hydroxylation is 1. The lowest BCUT2D eigenvalue weighted by molar-refractivity contribution is 1.18. The lowest BCUT2D eigenvalue weighted by atomic mass is 9.95. The number of hydrogen-bond donors (Lipinski definition) is 0. The number of hydrogen-bond acceptors (Lipinski definition) is 3. The van der Waals surface area contributed by atoms with Crippen molar-refractivity contribution < 1.29 is 0 Å². The van der Waals surface area contributed by atoms with E-state index >= 15 is 0 Å². The number of fused-ring (bicyclic) bond motifs is 3. The monoisotopic (exact) mass is 806 g/mol. The Morgan fingerprint density at radius 2 is 0.857 bits per heavy atom. The van der Waals surface area contributed by atoms with Gasteiger partial charge in [0.1, 0.15) is 0 Å². The second kappa shape index (κ2) is 16.3. The van der Waals surface area contributed by atoms with E-state index in [1.165, 1.54) is 44.1 Å². The molecule has 11 rings (SSSR count). The molecule has 0 aliphatic heterocycles. The van der Waals surface area contributed by atoms with Crippen LogP contribution < -0.4 is 4.90 Å². The van der Waals surface area contributed by atoms with Crippen LogP contribution in [0, 0.1) is 6.92 Å². The predicted octanol–water partition coefficient (Wildman–Crippen LogP) is 15.7. The van der Waals surface area contributed by atoms with E-state index in [1.54, 1.807) is 0 Å². The largest absolute Gasteiger partial charge is 0.310 e. The molecule has 11 aromatic rings. The van der Waals surface area contributed by atoms with Gasteiger partial charge in [0, 0.05) is 50.2 Å². The molecule has 4 nitrogen and oxygen atoms in total. The molecular formula is C59H42N4. The van der Waals surface area contributed by atoms with Crippen molar-refractivity contribution in [1.29, 1.82) is 0 Å². The molecule has 0 saturated carbocycles. The molecule has 4 heteroatoms. The lowest BCUT2D eigenvalue weighted by Crippen LogP contribution is -2.09. The van der Waals surface area contributed by atoms with Crippen LogP contribution >= 0.6 is 0 Å². The van der Waals surface area contributed by atoms with E-state index in [1.807, 2.05) is 36.4 Å². The van der Waals surface area contributed by atoms with Crippen molar-refractivity contribution in [2.75, 3.05) is 4.90 Å². The fraction of sp³-hybridized carbons (Fsp3) is 0.0169. The highest BCUT2D eigenvalue weighted by Gasteiger charge is 2.18. The predicted molar refractivity (Wildman–Crippen MR) is 263 cm³/mol. The number of aromatic nitrogens is 3. The van der Waals surface area contributed by atoms with Gasteiger partial charge in [-0.3, -0.25) is 0 Å². The number of rotatable bonds is 9. The molecule has 0 N–H and O–H groups in total. The topological polar surface area (TPSA) is 34.0 Å². The summed E-state index contributed by atoms with van der Waals surface area (Å²) in [6.45, 7) is 2.21. The van der Waals surface area contributed by atoms with Gasteiger partial charge in [-0.15, -0.1) is 0 Å². The molecule has 0 amide bonds. The molecule has 2 heterocycles. The van der Waals surface area contributed by atoms with Crippen LogP contribution in [0.4, 0.5) is 17.1 Å². The van der Waals surface area contributed by atoms with Crippen LogP contribution in [-0.2, 0) is 0 Å². The van der Waals surface area contributed by atoms with Gasteiger partial charge in [-0.1, -0.05) is 170 Å². The fourth-order valence-corrected chi connectivity index (χ4v) is 8.84. The highest BCUT2D eigenvalue weighted by molar-refractivity contribution is 6.10. The van der Waals surface area contributed by atoms with Crippen molar-refractivity contribution in [3.05, 3.63) is 242 Å². The zero-order chi connectivity index (χ0) is 42.1. The minimum absolute atomic E-state index is 0.717. The Kier molecular flexibility index (Phi) is 9.72. The molecule has 63 heavy (non-hydrogen) atoms. The first-order chi connectivity index (χ1) is 31.1. The summed E-state index contributed by atoms with van der Waals surface area (Å²) >= 11 is 0. The smallest absolute Gasteiger partial charge is 0.160 e. The molecule has 0 unspecified atom stereocenters. The summed E-state index contributed by atoms with van der Waals surface area (Å²) in [5.41, 5.74) is 17.7. The zero-order valence-corrected chi connectivity index (χ0v) is 34.8. The van der Waals surface area contributed by atoms with E-state index in [2.05, 4.69) is 217 Å². The summed E-state index contributed by atoms with van der Waals surface area (Å²) in [4.78, 5) is 12.3. The van der Waals surface area contributed by atoms with Gasteiger partial charge in [-0.25, -0.2) is 9.97 Å². The Hall–Kier alpha value is -8.34. The quantitative estimate of drug-likeness (QED) is 0.146. The van der Waals surface area contributed by atoms with Gasteiger partial charge in [-0.2, -0.15) is 0 Å². The minimum atomic E-state index is 0.717. The number of para-hydroxylation sites is 3. The van der Waals surface area contributed by atoms with E-state index < -0.39 is 0 Å². The van der Waals surface area contributed by atoms with Gasteiger partial charge in [0.25, 0.3) is 0 Å². The van der Waals surface area contributed by atoms with Gasteiger partial charge in [0.2, 0.25) is 0 Å². The first-order valence-electron chi connectivity index (χ1n) is 21.4. The second-order valence-electron chi connectivity index (χ2n) is 15.9. The number of nitrogens with zero attached hydrogens (tertiary/aromatic N) is 4. The van der Waals surface area contributed by atoms with Crippen LogP contribution in [0.15, 0.2) is 237 Å². The van der Waals surface area contributed by atoms with E-state index in [0.717, 1.165) is 56.4 Å². The van der Waals surface area contributed by atoms with Crippen LogP contribution in [0.5, 0.6) is 0 Å². The van der Waals surface area contributed by atoms with E-state index in [0.29, 0.717) is 5.82 Å². The number of benzene rings is 9. The maximum Gasteiger partial charge on any atom is 0.160 e. The molecule has 0 atom stereocenters. The second-order valence-corrected chi connectivity index (χ2v) is 15.9. The summed E-state index contributed by atoms with van der Waals surface area (Å²) in [5.74, 6) is 0.717. The lowest BCUT2D eigenvalue weighted by Gasteiger charge is -2.25. The van der Waals surface area contributed by atoms with Crippen LogP contribution in [0.25, 0.3) is 83.6 Å². The Morgan fingerprint density at radius 3 is 1.49 bits per heavy atom. The molecule has 298 valence electrons. The van der Waals surface area contributed by atoms with Gasteiger partial charge in [0.15, 0.2) is 5.82 Å². The Balaban J connectivity index is 0.887. The van der Waals surface area contributed by atoms with Crippen molar-refractivity contribution in [2.45, 2.75) is 6.92 Å². The van der Waals surface area contributed by atoms with Gasteiger partial charge >= 0.3 is 0 Å². The summed E-state index contributed by atoms with van der Waals surface area (Å²) in [7, 11) is 0. The third kappa shape index (κ3) is 7.24. The molecule has 0 aliphatic carbocycles. The van der Waals surface area contributed by atoms with Crippen LogP contribution in [-0.4, -0.2) is 14.5 Å². The van der Waals surface area contributed by atoms with Crippen LogP contribution in [0.2, 0.25) is 0 Å². The molecule has 0 aliphatic rings. The first kappa shape index (κ1) is 37.6. The van der Waals surface area contributed by atoms with E-state index in [4.69, 9.17) is 9.97 Å². The average Bonchev–Trinajstić information content (AvgIpc) is 3.69. The Bertz CT molecular complexity index is 3260. The molecular weight excluding hydrogens is 765 g/mol. The molecule has 0 saturated heterocycles. The fourth-order valence-electron chi connectivity index (χ4n) is 8.84. The zero-order valence-electron chi connectivity index (χ0n) is 34.8. The van der Waals surface area contributed by atoms with Gasteiger partial charge in [0.05, 0.1) is 22.4 Å². The maximum absolute atomic E-state index is 5.03. The first-order valence-corrected chi connectivity index (χ1v) is 21.4. The average molecular weight is 807 g/mol. The SMILES string of the molecule is Cc1cc(-c2ccc(-c3cc(-c4ccccc4)nc(-c4ccccc4)n3)cc2)ccc1-c1ccc(-n2c3ccccc3c3cc(N(c4ccccc4)c4ccccc4)ccc32)cc1. The van der Waals surface area contributed by atoms with Crippen molar-refractivity contribution in [3.63, 3.8) is 0 Å². The summed E-state index contributed by atoms with van der Waals surface area (Å²) < 4.78 is 2.39. The third-order valence-electron chi connectivity index (χ3n) is 11.9. The van der Waals surface area contributed by atoms with Crippen LogP contribution in [0.3, 0.4) is 0 Å².